The lowest BCUT2D eigenvalue weighted by Crippen LogP contribution is -2.45. The van der Waals surface area contributed by atoms with E-state index >= 15 is 0 Å². The Morgan fingerprint density at radius 1 is 1.03 bits per heavy atom. The van der Waals surface area contributed by atoms with Crippen molar-refractivity contribution < 1.29 is 14.7 Å². The molecule has 0 heterocycles. The number of aryl methyl sites for hydroxylation is 1. The van der Waals surface area contributed by atoms with Crippen LogP contribution in [0, 0.1) is 6.92 Å². The van der Waals surface area contributed by atoms with Gasteiger partial charge in [0.15, 0.2) is 0 Å². The summed E-state index contributed by atoms with van der Waals surface area (Å²) in [6.07, 6.45) is 0.991. The fourth-order valence-electron chi connectivity index (χ4n) is 3.23. The molecule has 2 unspecified atom stereocenters. The van der Waals surface area contributed by atoms with Gasteiger partial charge in [-0.3, -0.25) is 4.79 Å². The van der Waals surface area contributed by atoms with Crippen LogP contribution in [0.4, 0.5) is 4.79 Å². The number of rotatable bonds is 10. The van der Waals surface area contributed by atoms with Crippen LogP contribution in [0.1, 0.15) is 35.6 Å². The molecule has 2 aromatic rings. The molecule has 6 heteroatoms. The Morgan fingerprint density at radius 3 is 2.28 bits per heavy atom. The fraction of sp³-hybridized carbons (Fsp3) is 0.391. The molecule has 0 saturated carbocycles. The van der Waals surface area contributed by atoms with E-state index in [1.807, 2.05) is 51.4 Å². The first-order valence-electron chi connectivity index (χ1n) is 9.88. The smallest absolute Gasteiger partial charge is 0.315 e. The van der Waals surface area contributed by atoms with Gasteiger partial charge in [0.25, 0.3) is 0 Å². The van der Waals surface area contributed by atoms with E-state index in [2.05, 4.69) is 39.8 Å². The van der Waals surface area contributed by atoms with E-state index in [0.29, 0.717) is 19.4 Å². The highest BCUT2D eigenvalue weighted by Crippen LogP contribution is 2.18. The van der Waals surface area contributed by atoms with E-state index in [-0.39, 0.29) is 24.5 Å². The topological polar surface area (TPSA) is 81.7 Å². The largest absolute Gasteiger partial charge is 0.481 e. The van der Waals surface area contributed by atoms with Gasteiger partial charge in [-0.2, -0.15) is 0 Å². The Kier molecular flexibility index (Phi) is 8.68. The van der Waals surface area contributed by atoms with Gasteiger partial charge in [0, 0.05) is 19.0 Å². The molecule has 0 spiro atoms. The maximum atomic E-state index is 12.5. The summed E-state index contributed by atoms with van der Waals surface area (Å²) in [4.78, 5) is 25.6. The quantitative estimate of drug-likeness (QED) is 0.574. The first-order valence-corrected chi connectivity index (χ1v) is 9.88. The number of carbonyl (C=O) groups is 2. The summed E-state index contributed by atoms with van der Waals surface area (Å²) >= 11 is 0. The summed E-state index contributed by atoms with van der Waals surface area (Å²) in [6, 6.07) is 17.6. The summed E-state index contributed by atoms with van der Waals surface area (Å²) in [5.41, 5.74) is 3.39. The number of urea groups is 1. The zero-order valence-electron chi connectivity index (χ0n) is 17.4. The number of carboxylic acids is 1. The van der Waals surface area contributed by atoms with Crippen LogP contribution in [0.15, 0.2) is 54.6 Å². The SMILES string of the molecule is Cc1ccc(C(CNC(=O)NC(CCC(=O)O)Cc2ccccc2)N(C)C)cc1. The van der Waals surface area contributed by atoms with Crippen LogP contribution in [-0.4, -0.2) is 48.7 Å². The zero-order valence-corrected chi connectivity index (χ0v) is 17.4. The molecule has 2 atom stereocenters. The van der Waals surface area contributed by atoms with Crippen molar-refractivity contribution in [1.82, 2.24) is 15.5 Å². The molecule has 0 aromatic heterocycles. The molecule has 2 rings (SSSR count). The minimum atomic E-state index is -0.864. The van der Waals surface area contributed by atoms with Gasteiger partial charge in [0.05, 0.1) is 6.04 Å². The Morgan fingerprint density at radius 2 is 1.69 bits per heavy atom. The van der Waals surface area contributed by atoms with Crippen LogP contribution in [0.5, 0.6) is 0 Å². The van der Waals surface area contributed by atoms with Crippen molar-refractivity contribution in [1.29, 1.82) is 0 Å². The molecule has 0 fully saturated rings. The van der Waals surface area contributed by atoms with Crippen molar-refractivity contribution in [2.45, 2.75) is 38.3 Å². The lowest BCUT2D eigenvalue weighted by Gasteiger charge is -2.26. The van der Waals surface area contributed by atoms with E-state index in [1.165, 1.54) is 5.56 Å². The van der Waals surface area contributed by atoms with Gasteiger partial charge in [-0.25, -0.2) is 4.79 Å². The van der Waals surface area contributed by atoms with Crippen LogP contribution >= 0.6 is 0 Å². The zero-order chi connectivity index (χ0) is 21.2. The molecule has 156 valence electrons. The van der Waals surface area contributed by atoms with Crippen molar-refractivity contribution in [3.8, 4) is 0 Å². The molecule has 0 aliphatic heterocycles. The molecule has 0 bridgehead atoms. The molecule has 0 aliphatic carbocycles. The van der Waals surface area contributed by atoms with E-state index in [9.17, 15) is 9.59 Å². The monoisotopic (exact) mass is 397 g/mol. The Hall–Kier alpha value is -2.86. The lowest BCUT2D eigenvalue weighted by atomic mass is 10.0. The highest BCUT2D eigenvalue weighted by Gasteiger charge is 2.18. The molecule has 2 amide bonds. The third-order valence-corrected chi connectivity index (χ3v) is 4.91. The number of hydrogen-bond donors (Lipinski definition) is 3. The third kappa shape index (κ3) is 7.95. The second-order valence-corrected chi connectivity index (χ2v) is 7.56. The van der Waals surface area contributed by atoms with Gasteiger partial charge in [0.1, 0.15) is 0 Å². The second kappa shape index (κ2) is 11.2. The van der Waals surface area contributed by atoms with E-state index in [0.717, 1.165) is 11.1 Å². The number of nitrogens with zero attached hydrogens (tertiary/aromatic N) is 1. The molecule has 0 aliphatic rings. The summed E-state index contributed by atoms with van der Waals surface area (Å²) < 4.78 is 0. The second-order valence-electron chi connectivity index (χ2n) is 7.56. The average molecular weight is 398 g/mol. The van der Waals surface area contributed by atoms with Gasteiger partial charge in [-0.05, 0) is 45.0 Å². The third-order valence-electron chi connectivity index (χ3n) is 4.91. The maximum absolute atomic E-state index is 12.5. The standard InChI is InChI=1S/C23H31N3O3/c1-17-9-11-19(12-10-17)21(26(2)3)16-24-23(29)25-20(13-14-22(27)28)15-18-7-5-4-6-8-18/h4-12,20-21H,13-16H2,1-3H3,(H,27,28)(H2,24,25,29). The molecule has 0 saturated heterocycles. The van der Waals surface area contributed by atoms with E-state index in [4.69, 9.17) is 5.11 Å². The summed E-state index contributed by atoms with van der Waals surface area (Å²) in [5.74, 6) is -0.864. The van der Waals surface area contributed by atoms with Crippen LogP contribution in [0.3, 0.4) is 0 Å². The van der Waals surface area contributed by atoms with Gasteiger partial charge in [-0.1, -0.05) is 60.2 Å². The van der Waals surface area contributed by atoms with E-state index < -0.39 is 5.97 Å². The van der Waals surface area contributed by atoms with Crippen LogP contribution in [0.25, 0.3) is 0 Å². The van der Waals surface area contributed by atoms with Crippen molar-refractivity contribution >= 4 is 12.0 Å². The summed E-state index contributed by atoms with van der Waals surface area (Å²) in [6.45, 7) is 2.50. The van der Waals surface area contributed by atoms with Crippen molar-refractivity contribution in [2.24, 2.45) is 0 Å². The lowest BCUT2D eigenvalue weighted by molar-refractivity contribution is -0.137. The Balaban J connectivity index is 1.96. The van der Waals surface area contributed by atoms with Crippen molar-refractivity contribution in [3.63, 3.8) is 0 Å². The first kappa shape index (κ1) is 22.4. The minimum absolute atomic E-state index is 0.0153. The molecule has 2 aromatic carbocycles. The Labute approximate surface area is 172 Å². The number of aliphatic carboxylic acids is 1. The maximum Gasteiger partial charge on any atom is 0.315 e. The van der Waals surface area contributed by atoms with Gasteiger partial charge in [-0.15, -0.1) is 0 Å². The van der Waals surface area contributed by atoms with Crippen LogP contribution < -0.4 is 10.6 Å². The predicted molar refractivity (Wildman–Crippen MR) is 115 cm³/mol. The summed E-state index contributed by atoms with van der Waals surface area (Å²) in [5, 5.41) is 14.9. The molecule has 0 radical (unpaired) electrons. The number of amides is 2. The molecular weight excluding hydrogens is 366 g/mol. The number of carbonyl (C=O) groups excluding carboxylic acids is 1. The number of hydrogen-bond acceptors (Lipinski definition) is 3. The molecule has 6 nitrogen and oxygen atoms in total. The molecule has 29 heavy (non-hydrogen) atoms. The fourth-order valence-corrected chi connectivity index (χ4v) is 3.23. The van der Waals surface area contributed by atoms with Crippen LogP contribution in [0.2, 0.25) is 0 Å². The van der Waals surface area contributed by atoms with Gasteiger partial charge >= 0.3 is 12.0 Å². The van der Waals surface area contributed by atoms with Crippen molar-refractivity contribution in [3.05, 3.63) is 71.3 Å². The van der Waals surface area contributed by atoms with E-state index in [1.54, 1.807) is 0 Å². The van der Waals surface area contributed by atoms with Gasteiger partial charge < -0.3 is 20.6 Å². The number of likely N-dealkylation sites (N-methyl/N-ethyl adjacent to an activating group) is 1. The van der Waals surface area contributed by atoms with Crippen molar-refractivity contribution in [2.75, 3.05) is 20.6 Å². The summed E-state index contributed by atoms with van der Waals surface area (Å²) in [7, 11) is 3.96. The highest BCUT2D eigenvalue weighted by molar-refractivity contribution is 5.74. The first-order chi connectivity index (χ1) is 13.8. The van der Waals surface area contributed by atoms with Gasteiger partial charge in [0.2, 0.25) is 0 Å². The number of benzene rings is 2. The minimum Gasteiger partial charge on any atom is -0.481 e. The molecule has 3 N–H and O–H groups in total. The average Bonchev–Trinajstić information content (AvgIpc) is 2.68. The van der Waals surface area contributed by atoms with Crippen LogP contribution in [-0.2, 0) is 11.2 Å². The highest BCUT2D eigenvalue weighted by atomic mass is 16.4. The normalized spacial score (nSPS) is 13.0. The molecular formula is C23H31N3O3. The Bertz CT molecular complexity index is 776. The number of carboxylic acid groups (broad SMARTS) is 1. The number of nitrogens with one attached hydrogen (secondary N) is 2. The predicted octanol–water partition coefficient (Wildman–Crippen LogP) is 3.37.